The molecule has 6 rings (SSSR count). The number of carbonyl (C=O) groups excluding carboxylic acids is 3. The van der Waals surface area contributed by atoms with Gasteiger partial charge in [-0.2, -0.15) is 4.98 Å². The van der Waals surface area contributed by atoms with Gasteiger partial charge in [0.1, 0.15) is 0 Å². The second-order valence-corrected chi connectivity index (χ2v) is 8.95. The van der Waals surface area contributed by atoms with Crippen molar-refractivity contribution in [3.05, 3.63) is 100 Å². The number of aryl methyl sites for hydroxylation is 1. The largest absolute Gasteiger partial charge is 0.289 e. The molecule has 0 radical (unpaired) electrons. The van der Waals surface area contributed by atoms with Crippen LogP contribution in [0.25, 0.3) is 16.2 Å². The van der Waals surface area contributed by atoms with Gasteiger partial charge in [-0.3, -0.25) is 19.7 Å². The van der Waals surface area contributed by atoms with Gasteiger partial charge in [0, 0.05) is 16.5 Å². The first kappa shape index (κ1) is 20.9. The number of rotatable bonds is 4. The zero-order valence-electron chi connectivity index (χ0n) is 18.4. The molecule has 9 heteroatoms. The summed E-state index contributed by atoms with van der Waals surface area (Å²) in [5, 5.41) is 9.14. The fourth-order valence-electron chi connectivity index (χ4n) is 4.02. The second-order valence-electron chi connectivity index (χ2n) is 8.11. The number of thiazole rings is 1. The number of imide groups is 1. The maximum absolute atomic E-state index is 12.8. The van der Waals surface area contributed by atoms with Gasteiger partial charge in [0.2, 0.25) is 4.96 Å². The van der Waals surface area contributed by atoms with Crippen molar-refractivity contribution in [1.82, 2.24) is 14.6 Å². The molecule has 5 aromatic rings. The van der Waals surface area contributed by atoms with E-state index in [1.165, 1.54) is 16.9 Å². The molecule has 0 unspecified atom stereocenters. The highest BCUT2D eigenvalue weighted by atomic mass is 32.1. The number of benzene rings is 3. The number of hydrogen-bond acceptors (Lipinski definition) is 6. The molecule has 0 aliphatic carbocycles. The summed E-state index contributed by atoms with van der Waals surface area (Å²) in [6.45, 7) is 2.03. The van der Waals surface area contributed by atoms with Crippen LogP contribution in [-0.2, 0) is 0 Å². The van der Waals surface area contributed by atoms with Crippen molar-refractivity contribution in [3.8, 4) is 11.3 Å². The Hall–Kier alpha value is -4.63. The van der Waals surface area contributed by atoms with Gasteiger partial charge in [-0.05, 0) is 43.3 Å². The van der Waals surface area contributed by atoms with E-state index in [4.69, 9.17) is 0 Å². The number of nitrogens with one attached hydrogen (secondary N) is 1. The number of amides is 3. The van der Waals surface area contributed by atoms with Crippen molar-refractivity contribution in [2.75, 3.05) is 10.2 Å². The third-order valence-electron chi connectivity index (χ3n) is 5.84. The second kappa shape index (κ2) is 8.00. The zero-order chi connectivity index (χ0) is 24.1. The summed E-state index contributed by atoms with van der Waals surface area (Å²) < 4.78 is 1.70. The summed E-state index contributed by atoms with van der Waals surface area (Å²) in [6.07, 6.45) is 0. The van der Waals surface area contributed by atoms with Gasteiger partial charge in [-0.1, -0.05) is 42.0 Å². The molecule has 170 valence electrons. The summed E-state index contributed by atoms with van der Waals surface area (Å²) in [5.41, 5.74) is 4.56. The van der Waals surface area contributed by atoms with Gasteiger partial charge in [-0.25, -0.2) is 9.42 Å². The van der Waals surface area contributed by atoms with E-state index in [-0.39, 0.29) is 17.8 Å². The lowest BCUT2D eigenvalue weighted by molar-refractivity contribution is 0.0925. The summed E-state index contributed by atoms with van der Waals surface area (Å²) in [4.78, 5) is 44.3. The highest BCUT2D eigenvalue weighted by molar-refractivity contribution is 7.15. The average Bonchev–Trinajstić information content (AvgIpc) is 3.52. The minimum Gasteiger partial charge on any atom is -0.289 e. The van der Waals surface area contributed by atoms with Crippen LogP contribution in [0.5, 0.6) is 0 Å². The Labute approximate surface area is 203 Å². The van der Waals surface area contributed by atoms with Gasteiger partial charge in [0.05, 0.1) is 22.5 Å². The molecule has 8 nitrogen and oxygen atoms in total. The standard InChI is InChI=1S/C26H17N5O3S/c1-15-6-8-16(9-7-15)21-14-35-26-28-25(29-31(21)26)27-22(32)17-10-12-18(13-11-17)30-23(33)19-4-2-3-5-20(19)24(30)34/h2-14H,1H3,(H,27,29,32). The monoisotopic (exact) mass is 479 g/mol. The van der Waals surface area contributed by atoms with Crippen LogP contribution in [0, 0.1) is 6.92 Å². The lowest BCUT2D eigenvalue weighted by atomic mass is 10.1. The maximum atomic E-state index is 12.8. The first-order valence-electron chi connectivity index (χ1n) is 10.8. The van der Waals surface area contributed by atoms with Crippen LogP contribution >= 0.6 is 11.3 Å². The van der Waals surface area contributed by atoms with Gasteiger partial charge >= 0.3 is 0 Å². The Morgan fingerprint density at radius 1 is 0.886 bits per heavy atom. The van der Waals surface area contributed by atoms with Crippen molar-refractivity contribution in [2.24, 2.45) is 0 Å². The molecule has 0 atom stereocenters. The number of anilines is 2. The van der Waals surface area contributed by atoms with E-state index in [1.807, 2.05) is 36.6 Å². The molecule has 3 heterocycles. The fourth-order valence-corrected chi connectivity index (χ4v) is 4.85. The van der Waals surface area contributed by atoms with Crippen LogP contribution < -0.4 is 10.2 Å². The van der Waals surface area contributed by atoms with Gasteiger partial charge in [0.25, 0.3) is 23.7 Å². The molecule has 0 saturated carbocycles. The van der Waals surface area contributed by atoms with Gasteiger partial charge in [-0.15, -0.1) is 16.4 Å². The SMILES string of the molecule is Cc1ccc(-c2csc3nc(NC(=O)c4ccc(N5C(=O)c6ccccc6C5=O)cc4)nn23)cc1. The highest BCUT2D eigenvalue weighted by Gasteiger charge is 2.36. The number of nitrogens with zero attached hydrogens (tertiary/aromatic N) is 4. The summed E-state index contributed by atoms with van der Waals surface area (Å²) in [5.74, 6) is -0.961. The number of aromatic nitrogens is 3. The molecular weight excluding hydrogens is 462 g/mol. The average molecular weight is 480 g/mol. The summed E-state index contributed by atoms with van der Waals surface area (Å²) >= 11 is 1.44. The van der Waals surface area contributed by atoms with Crippen molar-refractivity contribution in [1.29, 1.82) is 0 Å². The van der Waals surface area contributed by atoms with Gasteiger partial charge < -0.3 is 0 Å². The lowest BCUT2D eigenvalue weighted by Gasteiger charge is -2.14. The number of hydrogen-bond donors (Lipinski definition) is 1. The third kappa shape index (κ3) is 3.49. The minimum absolute atomic E-state index is 0.194. The first-order chi connectivity index (χ1) is 17.0. The van der Waals surface area contributed by atoms with Crippen molar-refractivity contribution in [3.63, 3.8) is 0 Å². The molecule has 3 amide bonds. The maximum Gasteiger partial charge on any atom is 0.266 e. The van der Waals surface area contributed by atoms with E-state index in [2.05, 4.69) is 15.4 Å². The topological polar surface area (TPSA) is 96.7 Å². The molecule has 35 heavy (non-hydrogen) atoms. The molecule has 3 aromatic carbocycles. The Morgan fingerprint density at radius 3 is 2.20 bits per heavy atom. The molecule has 0 fully saturated rings. The quantitative estimate of drug-likeness (QED) is 0.373. The lowest BCUT2D eigenvalue weighted by Crippen LogP contribution is -2.29. The molecule has 0 spiro atoms. The molecule has 0 bridgehead atoms. The van der Waals surface area contributed by atoms with E-state index in [0.717, 1.165) is 16.2 Å². The van der Waals surface area contributed by atoms with Crippen LogP contribution in [0.1, 0.15) is 36.6 Å². The van der Waals surface area contributed by atoms with Crippen molar-refractivity contribution >= 4 is 45.7 Å². The van der Waals surface area contributed by atoms with E-state index < -0.39 is 5.91 Å². The third-order valence-corrected chi connectivity index (χ3v) is 6.65. The van der Waals surface area contributed by atoms with Crippen molar-refractivity contribution in [2.45, 2.75) is 6.92 Å². The van der Waals surface area contributed by atoms with E-state index in [0.29, 0.717) is 27.3 Å². The predicted molar refractivity (Wildman–Crippen MR) is 133 cm³/mol. The smallest absolute Gasteiger partial charge is 0.266 e. The van der Waals surface area contributed by atoms with Crippen LogP contribution in [0.2, 0.25) is 0 Å². The molecule has 0 saturated heterocycles. The Balaban J connectivity index is 1.21. The van der Waals surface area contributed by atoms with Crippen LogP contribution in [0.4, 0.5) is 11.6 Å². The summed E-state index contributed by atoms with van der Waals surface area (Å²) in [7, 11) is 0. The first-order valence-corrected chi connectivity index (χ1v) is 11.7. The summed E-state index contributed by atoms with van der Waals surface area (Å²) in [6, 6.07) is 21.1. The molecule has 2 aromatic heterocycles. The number of fused-ring (bicyclic) bond motifs is 2. The molecule has 1 aliphatic heterocycles. The molecule has 1 N–H and O–H groups in total. The van der Waals surface area contributed by atoms with E-state index >= 15 is 0 Å². The molecule has 1 aliphatic rings. The predicted octanol–water partition coefficient (Wildman–Crippen LogP) is 4.82. The Bertz CT molecular complexity index is 1600. The van der Waals surface area contributed by atoms with Gasteiger partial charge in [0.15, 0.2) is 0 Å². The normalized spacial score (nSPS) is 12.9. The zero-order valence-corrected chi connectivity index (χ0v) is 19.2. The highest BCUT2D eigenvalue weighted by Crippen LogP contribution is 2.29. The van der Waals surface area contributed by atoms with Crippen LogP contribution in [0.15, 0.2) is 78.2 Å². The number of carbonyl (C=O) groups is 3. The van der Waals surface area contributed by atoms with E-state index in [1.54, 1.807) is 53.0 Å². The van der Waals surface area contributed by atoms with Crippen molar-refractivity contribution < 1.29 is 14.4 Å². The Morgan fingerprint density at radius 2 is 1.54 bits per heavy atom. The Kier molecular flexibility index (Phi) is 4.78. The molecular formula is C26H17N5O3S. The van der Waals surface area contributed by atoms with Crippen LogP contribution in [-0.4, -0.2) is 32.3 Å². The fraction of sp³-hybridized carbons (Fsp3) is 0.0385. The van der Waals surface area contributed by atoms with E-state index in [9.17, 15) is 14.4 Å². The van der Waals surface area contributed by atoms with Crippen LogP contribution in [0.3, 0.4) is 0 Å². The minimum atomic E-state index is -0.394.